The van der Waals surface area contributed by atoms with E-state index in [0.717, 1.165) is 5.56 Å². The second kappa shape index (κ2) is 8.73. The number of hydrogen-bond donors (Lipinski definition) is 0. The fourth-order valence-electron chi connectivity index (χ4n) is 3.38. The van der Waals surface area contributed by atoms with Crippen molar-refractivity contribution < 1.29 is 22.3 Å². The highest BCUT2D eigenvalue weighted by atomic mass is 32.2. The van der Waals surface area contributed by atoms with E-state index in [1.165, 1.54) is 12.1 Å². The second-order valence-electron chi connectivity index (χ2n) is 6.95. The van der Waals surface area contributed by atoms with Crippen LogP contribution < -0.4 is 4.74 Å². The van der Waals surface area contributed by atoms with Gasteiger partial charge in [0, 0.05) is 12.6 Å². The lowest BCUT2D eigenvalue weighted by Crippen LogP contribution is -2.47. The summed E-state index contributed by atoms with van der Waals surface area (Å²) < 4.78 is 43.6. The van der Waals surface area contributed by atoms with E-state index >= 15 is 0 Å². The lowest BCUT2D eigenvalue weighted by atomic mass is 10.1. The van der Waals surface area contributed by atoms with E-state index in [1.54, 1.807) is 24.0 Å². The molecule has 0 bridgehead atoms. The average Bonchev–Trinajstić information content (AvgIpc) is 3.05. The van der Waals surface area contributed by atoms with Crippen LogP contribution in [0.15, 0.2) is 54.6 Å². The number of sulfone groups is 1. The van der Waals surface area contributed by atoms with Gasteiger partial charge in [0.05, 0.1) is 11.5 Å². The van der Waals surface area contributed by atoms with E-state index < -0.39 is 27.8 Å². The largest absolute Gasteiger partial charge is 0.478 e. The van der Waals surface area contributed by atoms with Crippen molar-refractivity contribution >= 4 is 15.7 Å². The molecule has 1 aliphatic rings. The number of rotatable bonds is 7. The van der Waals surface area contributed by atoms with Crippen LogP contribution in [0.25, 0.3) is 0 Å². The highest BCUT2D eigenvalue weighted by molar-refractivity contribution is 7.91. The summed E-state index contributed by atoms with van der Waals surface area (Å²) in [5, 5.41) is 0. The van der Waals surface area contributed by atoms with Gasteiger partial charge in [-0.2, -0.15) is 0 Å². The average molecular weight is 405 g/mol. The van der Waals surface area contributed by atoms with Crippen molar-refractivity contribution in [3.8, 4) is 5.75 Å². The minimum absolute atomic E-state index is 0.0152. The van der Waals surface area contributed by atoms with Crippen molar-refractivity contribution in [1.82, 2.24) is 4.90 Å². The SMILES string of the molecule is CCC(Oc1ccccc1F)C(=O)N(Cc1ccccc1)C1CCS(=O)(=O)C1. The van der Waals surface area contributed by atoms with Crippen LogP contribution in [-0.2, 0) is 21.2 Å². The van der Waals surface area contributed by atoms with Crippen molar-refractivity contribution in [3.63, 3.8) is 0 Å². The van der Waals surface area contributed by atoms with Gasteiger partial charge in [-0.15, -0.1) is 0 Å². The topological polar surface area (TPSA) is 63.7 Å². The summed E-state index contributed by atoms with van der Waals surface area (Å²) in [5.41, 5.74) is 0.904. The Hall–Kier alpha value is -2.41. The van der Waals surface area contributed by atoms with Crippen molar-refractivity contribution in [1.29, 1.82) is 0 Å². The molecule has 5 nitrogen and oxygen atoms in total. The summed E-state index contributed by atoms with van der Waals surface area (Å²) in [6, 6.07) is 14.9. The summed E-state index contributed by atoms with van der Waals surface area (Å²) in [5.74, 6) is -0.826. The molecule has 2 atom stereocenters. The van der Waals surface area contributed by atoms with Crippen molar-refractivity contribution in [2.45, 2.75) is 38.5 Å². The molecule has 1 fully saturated rings. The van der Waals surface area contributed by atoms with Crippen LogP contribution in [0, 0.1) is 5.82 Å². The van der Waals surface area contributed by atoms with E-state index in [0.29, 0.717) is 12.8 Å². The van der Waals surface area contributed by atoms with Gasteiger partial charge in [-0.1, -0.05) is 49.4 Å². The summed E-state index contributed by atoms with van der Waals surface area (Å²) in [7, 11) is -3.16. The summed E-state index contributed by atoms with van der Waals surface area (Å²) in [6.45, 7) is 2.08. The molecule has 150 valence electrons. The highest BCUT2D eigenvalue weighted by Crippen LogP contribution is 2.24. The predicted octanol–water partition coefficient (Wildman–Crippen LogP) is 3.20. The summed E-state index contributed by atoms with van der Waals surface area (Å²) >= 11 is 0. The maximum Gasteiger partial charge on any atom is 0.264 e. The molecule has 1 aliphatic heterocycles. The van der Waals surface area contributed by atoms with Crippen LogP contribution in [0.2, 0.25) is 0 Å². The third-order valence-corrected chi connectivity index (χ3v) is 6.63. The van der Waals surface area contributed by atoms with Crippen molar-refractivity contribution in [2.24, 2.45) is 0 Å². The van der Waals surface area contributed by atoms with E-state index in [-0.39, 0.29) is 29.7 Å². The van der Waals surface area contributed by atoms with Crippen molar-refractivity contribution in [2.75, 3.05) is 11.5 Å². The maximum absolute atomic E-state index is 14.0. The van der Waals surface area contributed by atoms with E-state index in [4.69, 9.17) is 4.74 Å². The first kappa shape index (κ1) is 20.3. The Balaban J connectivity index is 1.84. The zero-order valence-corrected chi connectivity index (χ0v) is 16.6. The van der Waals surface area contributed by atoms with Crippen LogP contribution >= 0.6 is 0 Å². The van der Waals surface area contributed by atoms with Crippen LogP contribution in [0.4, 0.5) is 4.39 Å². The fraction of sp³-hybridized carbons (Fsp3) is 0.381. The number of benzene rings is 2. The molecule has 2 aromatic rings. The number of carbonyl (C=O) groups excluding carboxylic acids is 1. The Labute approximate surface area is 165 Å². The highest BCUT2D eigenvalue weighted by Gasteiger charge is 2.37. The minimum Gasteiger partial charge on any atom is -0.478 e. The van der Waals surface area contributed by atoms with Gasteiger partial charge >= 0.3 is 0 Å². The Morgan fingerprint density at radius 3 is 2.46 bits per heavy atom. The first-order valence-corrected chi connectivity index (χ1v) is 11.2. The quantitative estimate of drug-likeness (QED) is 0.710. The standard InChI is InChI=1S/C21H24FNO4S/c1-2-19(27-20-11-7-6-10-18(20)22)21(24)23(14-16-8-4-3-5-9-16)17-12-13-28(25,26)15-17/h3-11,17,19H,2,12-15H2,1H3. The lowest BCUT2D eigenvalue weighted by Gasteiger charge is -2.32. The van der Waals surface area contributed by atoms with E-state index in [9.17, 15) is 17.6 Å². The normalized spacial score (nSPS) is 19.1. The molecule has 0 N–H and O–H groups in total. The van der Waals surface area contributed by atoms with Crippen LogP contribution in [0.3, 0.4) is 0 Å². The first-order chi connectivity index (χ1) is 13.4. The Bertz CT molecular complexity index is 917. The number of halogens is 1. The monoisotopic (exact) mass is 405 g/mol. The van der Waals surface area contributed by atoms with Crippen LogP contribution in [-0.4, -0.2) is 42.9 Å². The molecule has 1 amide bonds. The van der Waals surface area contributed by atoms with Crippen LogP contribution in [0.1, 0.15) is 25.3 Å². The predicted molar refractivity (Wildman–Crippen MR) is 105 cm³/mol. The molecule has 3 rings (SSSR count). The third kappa shape index (κ3) is 4.90. The van der Waals surface area contributed by atoms with Gasteiger partial charge in [0.2, 0.25) is 0 Å². The molecule has 1 heterocycles. The molecule has 2 unspecified atom stereocenters. The summed E-state index contributed by atoms with van der Waals surface area (Å²) in [4.78, 5) is 14.9. The molecular weight excluding hydrogens is 381 g/mol. The number of hydrogen-bond acceptors (Lipinski definition) is 4. The minimum atomic E-state index is -3.16. The molecule has 28 heavy (non-hydrogen) atoms. The summed E-state index contributed by atoms with van der Waals surface area (Å²) in [6.07, 6.45) is -0.140. The Kier molecular flexibility index (Phi) is 6.34. The van der Waals surface area contributed by atoms with Gasteiger partial charge in [-0.3, -0.25) is 4.79 Å². The van der Waals surface area contributed by atoms with Gasteiger partial charge < -0.3 is 9.64 Å². The molecule has 2 aromatic carbocycles. The Morgan fingerprint density at radius 1 is 1.18 bits per heavy atom. The first-order valence-electron chi connectivity index (χ1n) is 9.35. The number of nitrogens with zero attached hydrogens (tertiary/aromatic N) is 1. The van der Waals surface area contributed by atoms with Crippen LogP contribution in [0.5, 0.6) is 5.75 Å². The van der Waals surface area contributed by atoms with Gasteiger partial charge in [-0.25, -0.2) is 12.8 Å². The van der Waals surface area contributed by atoms with Gasteiger partial charge in [0.25, 0.3) is 5.91 Å². The molecular formula is C21H24FNO4S. The second-order valence-corrected chi connectivity index (χ2v) is 9.18. The van der Waals surface area contributed by atoms with Gasteiger partial charge in [0.1, 0.15) is 0 Å². The molecule has 1 saturated heterocycles. The fourth-order valence-corrected chi connectivity index (χ4v) is 5.11. The number of carbonyl (C=O) groups is 1. The molecule has 0 aromatic heterocycles. The number of ether oxygens (including phenoxy) is 1. The number of para-hydroxylation sites is 1. The number of amides is 1. The smallest absolute Gasteiger partial charge is 0.264 e. The zero-order chi connectivity index (χ0) is 20.1. The van der Waals surface area contributed by atoms with E-state index in [2.05, 4.69) is 0 Å². The van der Waals surface area contributed by atoms with Gasteiger partial charge in [-0.05, 0) is 30.5 Å². The third-order valence-electron chi connectivity index (χ3n) is 4.88. The molecule has 0 radical (unpaired) electrons. The van der Waals surface area contributed by atoms with E-state index in [1.807, 2.05) is 30.3 Å². The molecule has 0 spiro atoms. The molecule has 0 saturated carbocycles. The molecule has 0 aliphatic carbocycles. The van der Waals surface area contributed by atoms with Crippen molar-refractivity contribution in [3.05, 3.63) is 66.0 Å². The maximum atomic E-state index is 14.0. The lowest BCUT2D eigenvalue weighted by molar-refractivity contribution is -0.141. The Morgan fingerprint density at radius 2 is 1.86 bits per heavy atom. The zero-order valence-electron chi connectivity index (χ0n) is 15.8. The molecule has 7 heteroatoms. The van der Waals surface area contributed by atoms with Gasteiger partial charge in [0.15, 0.2) is 27.5 Å².